The molecule has 2 N–H and O–H groups in total. The van der Waals surface area contributed by atoms with Gasteiger partial charge in [0.15, 0.2) is 5.58 Å². The third kappa shape index (κ3) is 4.09. The molecule has 0 radical (unpaired) electrons. The number of hydrogen-bond acceptors (Lipinski definition) is 9. The lowest BCUT2D eigenvalue weighted by molar-refractivity contribution is 0.0527. The maximum absolute atomic E-state index is 12.3. The van der Waals surface area contributed by atoms with E-state index in [1.165, 1.54) is 11.8 Å². The van der Waals surface area contributed by atoms with Crippen LogP contribution in [0.1, 0.15) is 39.4 Å². The van der Waals surface area contributed by atoms with Crippen LogP contribution in [0.25, 0.3) is 11.1 Å². The highest BCUT2D eigenvalue weighted by molar-refractivity contribution is 7.98. The van der Waals surface area contributed by atoms with Gasteiger partial charge in [-0.3, -0.25) is 0 Å². The summed E-state index contributed by atoms with van der Waals surface area (Å²) in [5.74, 6) is -0.809. The molecule has 2 aromatic heterocycles. The van der Waals surface area contributed by atoms with Gasteiger partial charge < -0.3 is 19.6 Å². The van der Waals surface area contributed by atoms with E-state index in [9.17, 15) is 9.59 Å². The van der Waals surface area contributed by atoms with Crippen molar-refractivity contribution in [3.8, 4) is 0 Å². The van der Waals surface area contributed by atoms with Crippen molar-refractivity contribution >= 4 is 51.1 Å². The van der Waals surface area contributed by atoms with E-state index in [2.05, 4.69) is 4.98 Å². The molecule has 0 saturated heterocycles. The van der Waals surface area contributed by atoms with E-state index in [1.807, 2.05) is 24.3 Å². The van der Waals surface area contributed by atoms with Crippen molar-refractivity contribution in [3.05, 3.63) is 40.3 Å². The molecule has 27 heavy (non-hydrogen) atoms. The van der Waals surface area contributed by atoms with Crippen LogP contribution in [0, 0.1) is 0 Å². The SMILES string of the molecule is CCOC(=O)c1sc(N)c(C(=O)OCC)c1CSc1nc2ccccc2o1. The van der Waals surface area contributed by atoms with Crippen molar-refractivity contribution < 1.29 is 23.5 Å². The first-order valence-corrected chi connectivity index (χ1v) is 10.1. The molecule has 0 aliphatic carbocycles. The maximum Gasteiger partial charge on any atom is 0.348 e. The van der Waals surface area contributed by atoms with Crippen molar-refractivity contribution in [2.75, 3.05) is 18.9 Å². The van der Waals surface area contributed by atoms with Crippen molar-refractivity contribution in [2.24, 2.45) is 0 Å². The second kappa shape index (κ2) is 8.45. The van der Waals surface area contributed by atoms with E-state index in [0.29, 0.717) is 21.2 Å². The molecule has 7 nitrogen and oxygen atoms in total. The second-order valence-corrected chi connectivity index (χ2v) is 7.30. The average molecular weight is 406 g/mol. The summed E-state index contributed by atoms with van der Waals surface area (Å²) in [5.41, 5.74) is 8.08. The number of hydrogen-bond donors (Lipinski definition) is 1. The summed E-state index contributed by atoms with van der Waals surface area (Å²) in [6, 6.07) is 7.40. The zero-order chi connectivity index (χ0) is 19.4. The van der Waals surface area contributed by atoms with Crippen molar-refractivity contribution in [2.45, 2.75) is 24.8 Å². The van der Waals surface area contributed by atoms with Crippen LogP contribution < -0.4 is 5.73 Å². The first-order chi connectivity index (χ1) is 13.0. The Hall–Kier alpha value is -2.52. The number of fused-ring (bicyclic) bond motifs is 1. The molecule has 0 aliphatic rings. The average Bonchev–Trinajstić information content (AvgIpc) is 3.20. The molecular formula is C18H18N2O5S2. The maximum atomic E-state index is 12.3. The van der Waals surface area contributed by atoms with Gasteiger partial charge in [0.2, 0.25) is 0 Å². The number of benzene rings is 1. The lowest BCUT2D eigenvalue weighted by atomic mass is 10.1. The lowest BCUT2D eigenvalue weighted by Crippen LogP contribution is -2.11. The number of nitrogens with zero attached hydrogens (tertiary/aromatic N) is 1. The number of rotatable bonds is 7. The molecule has 0 fully saturated rings. The predicted molar refractivity (Wildman–Crippen MR) is 104 cm³/mol. The molecule has 0 spiro atoms. The Kier molecular flexibility index (Phi) is 6.02. The smallest absolute Gasteiger partial charge is 0.348 e. The van der Waals surface area contributed by atoms with Crippen LogP contribution in [0.5, 0.6) is 0 Å². The Labute approximate surface area is 163 Å². The Morgan fingerprint density at radius 3 is 2.59 bits per heavy atom. The van der Waals surface area contributed by atoms with E-state index >= 15 is 0 Å². The molecule has 3 rings (SSSR count). The Morgan fingerprint density at radius 2 is 1.89 bits per heavy atom. The number of nitrogen functional groups attached to an aromatic ring is 1. The molecule has 0 unspecified atom stereocenters. The van der Waals surface area contributed by atoms with E-state index in [0.717, 1.165) is 16.9 Å². The van der Waals surface area contributed by atoms with Crippen LogP contribution in [0.3, 0.4) is 0 Å². The van der Waals surface area contributed by atoms with Gasteiger partial charge in [0.1, 0.15) is 15.4 Å². The standard InChI is InChI=1S/C18H18N2O5S2/c1-3-23-16(21)13-10(14(27-15(13)19)17(22)24-4-2)9-26-18-20-11-7-5-6-8-12(11)25-18/h5-8H,3-4,9,19H2,1-2H3. The first kappa shape index (κ1) is 19.2. The molecular weight excluding hydrogens is 388 g/mol. The molecule has 0 bridgehead atoms. The van der Waals surface area contributed by atoms with E-state index in [1.54, 1.807) is 13.8 Å². The monoisotopic (exact) mass is 406 g/mol. The van der Waals surface area contributed by atoms with Crippen molar-refractivity contribution in [3.63, 3.8) is 0 Å². The van der Waals surface area contributed by atoms with Gasteiger partial charge in [0, 0.05) is 11.3 Å². The quantitative estimate of drug-likeness (QED) is 0.461. The summed E-state index contributed by atoms with van der Waals surface area (Å²) < 4.78 is 15.9. The van der Waals surface area contributed by atoms with Crippen LogP contribution in [0.2, 0.25) is 0 Å². The number of para-hydroxylation sites is 2. The summed E-state index contributed by atoms with van der Waals surface area (Å²) in [4.78, 5) is 29.3. The van der Waals surface area contributed by atoms with E-state index in [-0.39, 0.29) is 29.5 Å². The number of carbonyl (C=O) groups excluding carboxylic acids is 2. The first-order valence-electron chi connectivity index (χ1n) is 8.28. The molecule has 2 heterocycles. The molecule has 3 aromatic rings. The van der Waals surface area contributed by atoms with E-state index < -0.39 is 11.9 Å². The molecule has 1 aromatic carbocycles. The molecule has 9 heteroatoms. The Balaban J connectivity index is 1.92. The van der Waals surface area contributed by atoms with Gasteiger partial charge in [-0.05, 0) is 26.0 Å². The summed E-state index contributed by atoms with van der Waals surface area (Å²) >= 11 is 2.29. The molecule has 0 atom stereocenters. The number of oxazole rings is 1. The van der Waals surface area contributed by atoms with Gasteiger partial charge >= 0.3 is 11.9 Å². The Morgan fingerprint density at radius 1 is 1.19 bits per heavy atom. The van der Waals surface area contributed by atoms with Crippen LogP contribution in [-0.4, -0.2) is 30.1 Å². The van der Waals surface area contributed by atoms with Gasteiger partial charge in [0.05, 0.1) is 18.8 Å². The highest BCUT2D eigenvalue weighted by Crippen LogP contribution is 2.37. The number of aromatic nitrogens is 1. The van der Waals surface area contributed by atoms with Crippen molar-refractivity contribution in [1.82, 2.24) is 4.98 Å². The fourth-order valence-corrected chi connectivity index (χ4v) is 4.39. The normalized spacial score (nSPS) is 10.9. The number of anilines is 1. The van der Waals surface area contributed by atoms with Gasteiger partial charge in [-0.15, -0.1) is 11.3 Å². The van der Waals surface area contributed by atoms with Gasteiger partial charge in [-0.1, -0.05) is 23.9 Å². The van der Waals surface area contributed by atoms with Crippen molar-refractivity contribution in [1.29, 1.82) is 0 Å². The van der Waals surface area contributed by atoms with Crippen LogP contribution in [-0.2, 0) is 15.2 Å². The second-order valence-electron chi connectivity index (χ2n) is 5.33. The number of thiophene rings is 1. The highest BCUT2D eigenvalue weighted by Gasteiger charge is 2.28. The largest absolute Gasteiger partial charge is 0.462 e. The summed E-state index contributed by atoms with van der Waals surface area (Å²) in [6.45, 7) is 3.86. The lowest BCUT2D eigenvalue weighted by Gasteiger charge is -2.06. The third-order valence-corrected chi connectivity index (χ3v) is 5.48. The molecule has 0 amide bonds. The minimum atomic E-state index is -0.560. The summed E-state index contributed by atoms with van der Waals surface area (Å²) in [7, 11) is 0. The van der Waals surface area contributed by atoms with Crippen LogP contribution >= 0.6 is 23.1 Å². The Bertz CT molecular complexity index is 946. The fourth-order valence-electron chi connectivity index (χ4n) is 2.46. The molecule has 142 valence electrons. The minimum Gasteiger partial charge on any atom is -0.462 e. The number of carbonyl (C=O) groups is 2. The zero-order valence-corrected chi connectivity index (χ0v) is 16.4. The fraction of sp³-hybridized carbons (Fsp3) is 0.278. The van der Waals surface area contributed by atoms with Crippen LogP contribution in [0.15, 0.2) is 33.9 Å². The predicted octanol–water partition coefficient (Wildman–Crippen LogP) is 4.12. The number of thioether (sulfide) groups is 1. The third-order valence-electron chi connectivity index (χ3n) is 3.59. The minimum absolute atomic E-state index is 0.202. The van der Waals surface area contributed by atoms with Gasteiger partial charge in [-0.25, -0.2) is 14.6 Å². The summed E-state index contributed by atoms with van der Waals surface area (Å²) in [6.07, 6.45) is 0. The van der Waals surface area contributed by atoms with Crippen LogP contribution in [0.4, 0.5) is 5.00 Å². The summed E-state index contributed by atoms with van der Waals surface area (Å²) in [5, 5.41) is 0.662. The zero-order valence-electron chi connectivity index (χ0n) is 14.8. The number of nitrogens with two attached hydrogens (primary N) is 1. The van der Waals surface area contributed by atoms with Gasteiger partial charge in [-0.2, -0.15) is 0 Å². The highest BCUT2D eigenvalue weighted by atomic mass is 32.2. The van der Waals surface area contributed by atoms with E-state index in [4.69, 9.17) is 19.6 Å². The number of esters is 2. The van der Waals surface area contributed by atoms with Gasteiger partial charge in [0.25, 0.3) is 5.22 Å². The number of ether oxygens (including phenoxy) is 2. The molecule has 0 saturated carbocycles. The topological polar surface area (TPSA) is 105 Å². The molecule has 0 aliphatic heterocycles.